The van der Waals surface area contributed by atoms with E-state index < -0.39 is 6.10 Å². The molecular weight excluding hydrogens is 472 g/mol. The summed E-state index contributed by atoms with van der Waals surface area (Å²) in [6.07, 6.45) is 4.67. The maximum Gasteiger partial charge on any atom is 0.290 e. The Kier molecular flexibility index (Phi) is 7.76. The average molecular weight is 507 g/mol. The predicted molar refractivity (Wildman–Crippen MR) is 137 cm³/mol. The number of nitrogens with zero attached hydrogens (tertiary/aromatic N) is 4. The van der Waals surface area contributed by atoms with Gasteiger partial charge in [-0.15, -0.1) is 0 Å². The Bertz CT molecular complexity index is 1150. The molecule has 1 aliphatic carbocycles. The van der Waals surface area contributed by atoms with Gasteiger partial charge in [-0.3, -0.25) is 19.3 Å². The maximum absolute atomic E-state index is 12.7. The van der Waals surface area contributed by atoms with Crippen molar-refractivity contribution >= 4 is 23.4 Å². The number of aromatic nitrogens is 2. The lowest BCUT2D eigenvalue weighted by atomic mass is 10.00. The number of piperidine rings is 1. The van der Waals surface area contributed by atoms with Crippen molar-refractivity contribution in [3.05, 3.63) is 53.5 Å². The van der Waals surface area contributed by atoms with Gasteiger partial charge in [0, 0.05) is 57.3 Å². The summed E-state index contributed by atoms with van der Waals surface area (Å²) in [6.45, 7) is 3.34. The molecule has 0 unspecified atom stereocenters. The molecule has 1 atom stereocenters. The molecule has 2 aliphatic heterocycles. The smallest absolute Gasteiger partial charge is 0.290 e. The van der Waals surface area contributed by atoms with Gasteiger partial charge in [-0.2, -0.15) is 0 Å². The molecule has 196 valence electrons. The number of carbonyl (C=O) groups excluding carboxylic acids is 3. The number of carbonyl (C=O) groups is 3. The molecule has 1 aromatic heterocycles. The standard InChI is InChI=1S/C27H34N6O4/c34-22(16-32-10-7-18-3-1-2-4-20(18)15-32)14-28-26(36)23-13-24(30-17-29-23)31-21-8-11-33(12-9-21)27(37)25(35)19-5-6-19/h1-4,13,17,19,21-22,34H,5-12,14-16H2,(H,28,36)(H,29,30,31)/t22-/m0/s1. The molecule has 2 amide bonds. The summed E-state index contributed by atoms with van der Waals surface area (Å²) in [5.41, 5.74) is 2.87. The normalized spacial score (nSPS) is 19.1. The average Bonchev–Trinajstić information content (AvgIpc) is 3.77. The van der Waals surface area contributed by atoms with E-state index in [0.717, 1.165) is 32.4 Å². The molecule has 1 saturated carbocycles. The lowest BCUT2D eigenvalue weighted by Gasteiger charge is -2.32. The van der Waals surface area contributed by atoms with Crippen LogP contribution in [0, 0.1) is 5.92 Å². The highest BCUT2D eigenvalue weighted by Gasteiger charge is 2.37. The minimum absolute atomic E-state index is 0.0580. The van der Waals surface area contributed by atoms with E-state index in [1.54, 1.807) is 11.0 Å². The number of anilines is 1. The van der Waals surface area contributed by atoms with Gasteiger partial charge in [0.15, 0.2) is 0 Å². The second-order valence-corrected chi connectivity index (χ2v) is 10.3. The summed E-state index contributed by atoms with van der Waals surface area (Å²) < 4.78 is 0. The Hall–Kier alpha value is -3.37. The number of ketones is 1. The Morgan fingerprint density at radius 2 is 1.78 bits per heavy atom. The minimum atomic E-state index is -0.687. The fourth-order valence-electron chi connectivity index (χ4n) is 5.05. The largest absolute Gasteiger partial charge is 0.390 e. The fraction of sp³-hybridized carbons (Fsp3) is 0.519. The first-order valence-corrected chi connectivity index (χ1v) is 13.1. The fourth-order valence-corrected chi connectivity index (χ4v) is 5.05. The number of β-amino-alcohol motifs (C(OH)–C–C–N with tert-alkyl or cyclic N) is 1. The van der Waals surface area contributed by atoms with E-state index in [1.165, 1.54) is 17.5 Å². The molecule has 0 radical (unpaired) electrons. The first-order valence-electron chi connectivity index (χ1n) is 13.1. The molecule has 1 saturated heterocycles. The zero-order chi connectivity index (χ0) is 25.8. The molecule has 3 heterocycles. The topological polar surface area (TPSA) is 128 Å². The molecule has 2 fully saturated rings. The van der Waals surface area contributed by atoms with Crippen LogP contribution in [0.2, 0.25) is 0 Å². The molecule has 3 aliphatic rings. The first-order chi connectivity index (χ1) is 18.0. The predicted octanol–water partition coefficient (Wildman–Crippen LogP) is 1.01. The van der Waals surface area contributed by atoms with Crippen LogP contribution in [0.5, 0.6) is 0 Å². The monoisotopic (exact) mass is 506 g/mol. The van der Waals surface area contributed by atoms with Crippen molar-refractivity contribution in [2.75, 3.05) is 38.0 Å². The number of fused-ring (bicyclic) bond motifs is 1. The van der Waals surface area contributed by atoms with Crippen molar-refractivity contribution in [2.24, 2.45) is 5.92 Å². The first kappa shape index (κ1) is 25.3. The van der Waals surface area contributed by atoms with Gasteiger partial charge in [-0.05, 0) is 43.2 Å². The van der Waals surface area contributed by atoms with Gasteiger partial charge in [0.2, 0.25) is 5.78 Å². The molecule has 1 aromatic carbocycles. The van der Waals surface area contributed by atoms with Crippen molar-refractivity contribution in [3.8, 4) is 0 Å². The van der Waals surface area contributed by atoms with E-state index in [2.05, 4.69) is 43.7 Å². The van der Waals surface area contributed by atoms with Gasteiger partial charge in [-0.1, -0.05) is 24.3 Å². The maximum atomic E-state index is 12.7. The zero-order valence-electron chi connectivity index (χ0n) is 20.9. The number of rotatable bonds is 9. The molecular formula is C27H34N6O4. The number of hydrogen-bond donors (Lipinski definition) is 3. The molecule has 37 heavy (non-hydrogen) atoms. The molecule has 5 rings (SSSR count). The van der Waals surface area contributed by atoms with E-state index in [-0.39, 0.29) is 41.8 Å². The van der Waals surface area contributed by atoms with Gasteiger partial charge in [-0.25, -0.2) is 9.97 Å². The van der Waals surface area contributed by atoms with Crippen LogP contribution in [-0.4, -0.2) is 87.3 Å². The third-order valence-corrected chi connectivity index (χ3v) is 7.37. The quantitative estimate of drug-likeness (QED) is 0.430. The summed E-state index contributed by atoms with van der Waals surface area (Å²) in [5.74, 6) is -0.491. The highest BCUT2D eigenvalue weighted by atomic mass is 16.3. The molecule has 10 heteroatoms. The molecule has 2 aromatic rings. The number of Topliss-reactive ketones (excluding diaryl/α,β-unsaturated/α-hetero) is 1. The summed E-state index contributed by atoms with van der Waals surface area (Å²) in [7, 11) is 0. The lowest BCUT2D eigenvalue weighted by molar-refractivity contribution is -0.146. The van der Waals surface area contributed by atoms with Crippen molar-refractivity contribution < 1.29 is 19.5 Å². The highest BCUT2D eigenvalue weighted by molar-refractivity contribution is 6.37. The van der Waals surface area contributed by atoms with Gasteiger partial charge >= 0.3 is 0 Å². The lowest BCUT2D eigenvalue weighted by Crippen LogP contribution is -2.45. The van der Waals surface area contributed by atoms with E-state index in [0.29, 0.717) is 38.3 Å². The molecule has 3 N–H and O–H groups in total. The van der Waals surface area contributed by atoms with Crippen LogP contribution in [0.25, 0.3) is 0 Å². The Balaban J connectivity index is 1.06. The molecule has 0 spiro atoms. The second kappa shape index (κ2) is 11.4. The zero-order valence-corrected chi connectivity index (χ0v) is 20.9. The van der Waals surface area contributed by atoms with Crippen molar-refractivity contribution in [1.29, 1.82) is 0 Å². The number of nitrogens with one attached hydrogen (secondary N) is 2. The van der Waals surface area contributed by atoms with Gasteiger partial charge in [0.1, 0.15) is 17.8 Å². The van der Waals surface area contributed by atoms with E-state index in [9.17, 15) is 19.5 Å². The van der Waals surface area contributed by atoms with Crippen molar-refractivity contribution in [2.45, 2.75) is 50.8 Å². The van der Waals surface area contributed by atoms with Crippen LogP contribution >= 0.6 is 0 Å². The summed E-state index contributed by atoms with van der Waals surface area (Å²) in [6, 6.07) is 10.0. The van der Waals surface area contributed by atoms with Crippen LogP contribution in [0.4, 0.5) is 5.82 Å². The van der Waals surface area contributed by atoms with Crippen molar-refractivity contribution in [3.63, 3.8) is 0 Å². The summed E-state index contributed by atoms with van der Waals surface area (Å²) in [4.78, 5) is 49.2. The number of amides is 2. The summed E-state index contributed by atoms with van der Waals surface area (Å²) >= 11 is 0. The third-order valence-electron chi connectivity index (χ3n) is 7.37. The Morgan fingerprint density at radius 1 is 1.03 bits per heavy atom. The number of benzene rings is 1. The highest BCUT2D eigenvalue weighted by Crippen LogP contribution is 2.30. The number of likely N-dealkylation sites (tertiary alicyclic amines) is 1. The summed E-state index contributed by atoms with van der Waals surface area (Å²) in [5, 5.41) is 16.6. The number of aliphatic hydroxyl groups is 1. The minimum Gasteiger partial charge on any atom is -0.390 e. The van der Waals surface area contributed by atoms with Crippen LogP contribution in [0.15, 0.2) is 36.7 Å². The van der Waals surface area contributed by atoms with Crippen LogP contribution in [0.3, 0.4) is 0 Å². The van der Waals surface area contributed by atoms with E-state index in [1.807, 2.05) is 6.07 Å². The second-order valence-electron chi connectivity index (χ2n) is 10.3. The van der Waals surface area contributed by atoms with Crippen molar-refractivity contribution in [1.82, 2.24) is 25.1 Å². The number of aliphatic hydroxyl groups excluding tert-OH is 1. The third kappa shape index (κ3) is 6.50. The van der Waals surface area contributed by atoms with Crippen LogP contribution < -0.4 is 10.6 Å². The van der Waals surface area contributed by atoms with E-state index >= 15 is 0 Å². The number of hydrogen-bond acceptors (Lipinski definition) is 8. The van der Waals surface area contributed by atoms with Gasteiger partial charge in [0.05, 0.1) is 6.10 Å². The Labute approximate surface area is 216 Å². The van der Waals surface area contributed by atoms with Gasteiger partial charge < -0.3 is 20.6 Å². The SMILES string of the molecule is O=C(NC[C@H](O)CN1CCc2ccccc2C1)c1cc(NC2CCN(C(=O)C(=O)C3CC3)CC2)ncn1. The van der Waals surface area contributed by atoms with E-state index in [4.69, 9.17) is 0 Å². The van der Waals surface area contributed by atoms with Crippen LogP contribution in [-0.2, 0) is 22.6 Å². The van der Waals surface area contributed by atoms with Gasteiger partial charge in [0.25, 0.3) is 11.8 Å². The Morgan fingerprint density at radius 3 is 2.54 bits per heavy atom. The molecule has 0 bridgehead atoms. The molecule has 10 nitrogen and oxygen atoms in total. The van der Waals surface area contributed by atoms with Crippen LogP contribution in [0.1, 0.15) is 47.3 Å².